The molecule has 0 bridgehead atoms. The number of hydrogen-bond donors (Lipinski definition) is 2. The third-order valence-electron chi connectivity index (χ3n) is 2.15. The Bertz CT molecular complexity index is 517. The summed E-state index contributed by atoms with van der Waals surface area (Å²) in [5.74, 6) is 0.936. The van der Waals surface area contributed by atoms with E-state index in [4.69, 9.17) is 0 Å². The molecule has 96 valence electrons. The molecule has 2 N–H and O–H groups in total. The molecule has 0 saturated carbocycles. The summed E-state index contributed by atoms with van der Waals surface area (Å²) < 4.78 is 36.7. The Hall–Kier alpha value is -2.12. The summed E-state index contributed by atoms with van der Waals surface area (Å²) >= 11 is 0. The lowest BCUT2D eigenvalue weighted by atomic mass is 10.4. The molecule has 0 spiro atoms. The first-order valence-corrected chi connectivity index (χ1v) is 5.10. The fourth-order valence-corrected chi connectivity index (χ4v) is 1.31. The van der Waals surface area contributed by atoms with Gasteiger partial charge in [0.15, 0.2) is 5.69 Å². The minimum absolute atomic E-state index is 0.261. The maximum atomic E-state index is 12.2. The van der Waals surface area contributed by atoms with E-state index in [1.165, 1.54) is 6.07 Å². The summed E-state index contributed by atoms with van der Waals surface area (Å²) in [6.45, 7) is 2.20. The summed E-state index contributed by atoms with van der Waals surface area (Å²) in [5, 5.41) is 9.36. The van der Waals surface area contributed by atoms with Gasteiger partial charge >= 0.3 is 6.18 Å². The second kappa shape index (κ2) is 4.63. The zero-order valence-electron chi connectivity index (χ0n) is 9.41. The van der Waals surface area contributed by atoms with Crippen LogP contribution in [0, 0.1) is 6.92 Å². The van der Waals surface area contributed by atoms with Crippen molar-refractivity contribution in [2.75, 3.05) is 5.32 Å². The molecular formula is C10H10F3N5. The summed E-state index contributed by atoms with van der Waals surface area (Å²) in [5.41, 5.74) is -0.104. The van der Waals surface area contributed by atoms with Crippen molar-refractivity contribution in [1.29, 1.82) is 0 Å². The zero-order valence-corrected chi connectivity index (χ0v) is 9.41. The molecule has 18 heavy (non-hydrogen) atoms. The summed E-state index contributed by atoms with van der Waals surface area (Å²) in [7, 11) is 0. The van der Waals surface area contributed by atoms with E-state index in [9.17, 15) is 13.2 Å². The largest absolute Gasteiger partial charge is 0.435 e. The van der Waals surface area contributed by atoms with Gasteiger partial charge in [0.1, 0.15) is 11.6 Å². The van der Waals surface area contributed by atoms with Gasteiger partial charge in [-0.2, -0.15) is 13.2 Å². The molecule has 0 saturated heterocycles. The maximum absolute atomic E-state index is 12.2. The topological polar surface area (TPSA) is 66.5 Å². The second-order valence-corrected chi connectivity index (χ2v) is 3.67. The van der Waals surface area contributed by atoms with Crippen LogP contribution in [0.2, 0.25) is 0 Å². The molecule has 0 aliphatic carbocycles. The lowest BCUT2D eigenvalue weighted by molar-refractivity contribution is -0.141. The first-order chi connectivity index (χ1) is 8.45. The summed E-state index contributed by atoms with van der Waals surface area (Å²) in [4.78, 5) is 7.02. The molecule has 0 fully saturated rings. The number of nitrogens with one attached hydrogen (secondary N) is 2. The molecular weight excluding hydrogens is 247 g/mol. The smallest absolute Gasteiger partial charge is 0.361 e. The molecule has 0 unspecified atom stereocenters. The highest BCUT2D eigenvalue weighted by molar-refractivity contribution is 5.33. The Morgan fingerprint density at radius 1 is 1.28 bits per heavy atom. The van der Waals surface area contributed by atoms with Gasteiger partial charge in [0, 0.05) is 11.9 Å². The van der Waals surface area contributed by atoms with Crippen molar-refractivity contribution >= 4 is 5.82 Å². The number of halogens is 3. The number of aromatic amines is 1. The third kappa shape index (κ3) is 2.96. The molecule has 5 nitrogen and oxygen atoms in total. The van der Waals surface area contributed by atoms with Gasteiger partial charge in [-0.05, 0) is 19.1 Å². The normalized spacial score (nSPS) is 11.6. The van der Waals surface area contributed by atoms with Crippen LogP contribution in [0.25, 0.3) is 0 Å². The number of imidazole rings is 1. The highest BCUT2D eigenvalue weighted by Crippen LogP contribution is 2.27. The Kier molecular flexibility index (Phi) is 3.17. The Morgan fingerprint density at radius 3 is 2.56 bits per heavy atom. The quantitative estimate of drug-likeness (QED) is 0.884. The van der Waals surface area contributed by atoms with E-state index < -0.39 is 11.9 Å². The Morgan fingerprint density at radius 2 is 2.06 bits per heavy atom. The minimum Gasteiger partial charge on any atom is -0.361 e. The number of aromatic nitrogens is 4. The molecule has 0 aliphatic rings. The van der Waals surface area contributed by atoms with Gasteiger partial charge in [-0.3, -0.25) is 0 Å². The van der Waals surface area contributed by atoms with E-state index in [0.717, 1.165) is 11.8 Å². The Balaban J connectivity index is 1.98. The summed E-state index contributed by atoms with van der Waals surface area (Å²) in [6, 6.07) is 2.11. The van der Waals surface area contributed by atoms with Gasteiger partial charge in [0.05, 0.1) is 6.54 Å². The van der Waals surface area contributed by atoms with E-state index in [2.05, 4.69) is 25.5 Å². The molecule has 2 rings (SSSR count). The minimum atomic E-state index is -4.47. The van der Waals surface area contributed by atoms with Crippen molar-refractivity contribution in [3.8, 4) is 0 Å². The predicted molar refractivity (Wildman–Crippen MR) is 57.7 cm³/mol. The molecule has 0 atom stereocenters. The van der Waals surface area contributed by atoms with Crippen LogP contribution in [0.15, 0.2) is 18.3 Å². The highest BCUT2D eigenvalue weighted by Gasteiger charge is 2.32. The van der Waals surface area contributed by atoms with Gasteiger partial charge in [0.25, 0.3) is 0 Å². The van der Waals surface area contributed by atoms with Gasteiger partial charge in [-0.15, -0.1) is 10.2 Å². The number of hydrogen-bond acceptors (Lipinski definition) is 4. The number of alkyl halides is 3. The predicted octanol–water partition coefficient (Wildman–Crippen LogP) is 2.14. The van der Waals surface area contributed by atoms with Crippen LogP contribution >= 0.6 is 0 Å². The average Bonchev–Trinajstić information content (AvgIpc) is 2.72. The molecule has 0 aromatic carbocycles. The van der Waals surface area contributed by atoms with Crippen LogP contribution < -0.4 is 5.32 Å². The average molecular weight is 257 g/mol. The van der Waals surface area contributed by atoms with Crippen molar-refractivity contribution < 1.29 is 13.2 Å². The van der Waals surface area contributed by atoms with Crippen molar-refractivity contribution in [2.24, 2.45) is 0 Å². The van der Waals surface area contributed by atoms with E-state index in [0.29, 0.717) is 12.4 Å². The molecule has 0 amide bonds. The van der Waals surface area contributed by atoms with E-state index in [1.54, 1.807) is 6.20 Å². The monoisotopic (exact) mass is 257 g/mol. The van der Waals surface area contributed by atoms with Crippen LogP contribution in [0.5, 0.6) is 0 Å². The van der Waals surface area contributed by atoms with Crippen LogP contribution in [0.3, 0.4) is 0 Å². The van der Waals surface area contributed by atoms with Crippen molar-refractivity contribution in [3.63, 3.8) is 0 Å². The van der Waals surface area contributed by atoms with Crippen LogP contribution in [-0.2, 0) is 12.7 Å². The molecule has 2 aromatic rings. The van der Waals surface area contributed by atoms with Gasteiger partial charge in [-0.25, -0.2) is 4.98 Å². The van der Waals surface area contributed by atoms with Crippen molar-refractivity contribution in [3.05, 3.63) is 35.5 Å². The molecule has 2 aromatic heterocycles. The third-order valence-corrected chi connectivity index (χ3v) is 2.15. The lowest BCUT2D eigenvalue weighted by Crippen LogP contribution is -2.10. The first kappa shape index (κ1) is 12.3. The van der Waals surface area contributed by atoms with E-state index in [-0.39, 0.29) is 5.82 Å². The molecule has 8 heteroatoms. The second-order valence-electron chi connectivity index (χ2n) is 3.67. The van der Waals surface area contributed by atoms with Crippen LogP contribution in [0.4, 0.5) is 19.0 Å². The fraction of sp³-hybridized carbons (Fsp3) is 0.300. The van der Waals surface area contributed by atoms with Gasteiger partial charge in [0.2, 0.25) is 0 Å². The number of H-pyrrole nitrogens is 1. The van der Waals surface area contributed by atoms with E-state index in [1.807, 2.05) is 6.92 Å². The fourth-order valence-electron chi connectivity index (χ4n) is 1.31. The SMILES string of the molecule is Cc1cnc(CNc2ccc(C(F)(F)F)nn2)[nH]1. The number of anilines is 1. The number of rotatable bonds is 3. The molecule has 2 heterocycles. The first-order valence-electron chi connectivity index (χ1n) is 5.10. The summed E-state index contributed by atoms with van der Waals surface area (Å²) in [6.07, 6.45) is -2.81. The standard InChI is InChI=1S/C10H10F3N5/c1-6-4-14-9(16-6)5-15-8-3-2-7(17-18-8)10(11,12)13/h2-4H,5H2,1H3,(H,14,16)(H,15,18). The maximum Gasteiger partial charge on any atom is 0.435 e. The van der Waals surface area contributed by atoms with Crippen LogP contribution in [0.1, 0.15) is 17.2 Å². The zero-order chi connectivity index (χ0) is 13.2. The highest BCUT2D eigenvalue weighted by atomic mass is 19.4. The van der Waals surface area contributed by atoms with E-state index >= 15 is 0 Å². The van der Waals surface area contributed by atoms with Crippen molar-refractivity contribution in [1.82, 2.24) is 20.2 Å². The van der Waals surface area contributed by atoms with Crippen LogP contribution in [-0.4, -0.2) is 20.2 Å². The van der Waals surface area contributed by atoms with Gasteiger partial charge in [-0.1, -0.05) is 0 Å². The lowest BCUT2D eigenvalue weighted by Gasteiger charge is -2.06. The van der Waals surface area contributed by atoms with Crippen molar-refractivity contribution in [2.45, 2.75) is 19.6 Å². The number of nitrogens with zero attached hydrogens (tertiary/aromatic N) is 3. The van der Waals surface area contributed by atoms with Gasteiger partial charge < -0.3 is 10.3 Å². The molecule has 0 aliphatic heterocycles. The Labute approximate surface area is 100 Å². The number of aryl methyl sites for hydroxylation is 1. The molecule has 0 radical (unpaired) electrons.